The molecular weight excluding hydrogens is 330 g/mol. The summed E-state index contributed by atoms with van der Waals surface area (Å²) >= 11 is 0. The zero-order chi connectivity index (χ0) is 18.1. The second kappa shape index (κ2) is 6.78. The van der Waals surface area contributed by atoms with Crippen LogP contribution in [-0.4, -0.2) is 36.2 Å². The maximum absolute atomic E-state index is 14.0. The van der Waals surface area contributed by atoms with Crippen LogP contribution in [-0.2, 0) is 14.3 Å². The van der Waals surface area contributed by atoms with Gasteiger partial charge in [-0.1, -0.05) is 0 Å². The lowest BCUT2D eigenvalue weighted by Crippen LogP contribution is -2.32. The lowest BCUT2D eigenvalue weighted by atomic mass is 9.88. The molecule has 2 atom stereocenters. The molecule has 1 fully saturated rings. The van der Waals surface area contributed by atoms with Crippen LogP contribution < -0.4 is 5.32 Å². The zero-order valence-corrected chi connectivity index (χ0v) is 13.2. The summed E-state index contributed by atoms with van der Waals surface area (Å²) in [7, 11) is 0. The van der Waals surface area contributed by atoms with Gasteiger partial charge in [0.05, 0.1) is 6.61 Å². The summed E-state index contributed by atoms with van der Waals surface area (Å²) in [5, 5.41) is 2.76. The Morgan fingerprint density at radius 1 is 1.42 bits per heavy atom. The highest BCUT2D eigenvalue weighted by molar-refractivity contribution is 6.24. The predicted molar refractivity (Wildman–Crippen MR) is 77.6 cm³/mol. The van der Waals surface area contributed by atoms with Crippen molar-refractivity contribution in [3.63, 3.8) is 0 Å². The molecule has 4 nitrogen and oxygen atoms in total. The first-order valence-corrected chi connectivity index (χ1v) is 7.48. The quantitative estimate of drug-likeness (QED) is 0.264. The number of carbonyl (C=O) groups is 2. The number of hydrogen-bond donors (Lipinski definition) is 1. The van der Waals surface area contributed by atoms with Crippen molar-refractivity contribution in [3.05, 3.63) is 35.1 Å². The van der Waals surface area contributed by atoms with E-state index in [2.05, 4.69) is 5.32 Å². The molecule has 0 radical (unpaired) electrons. The lowest BCUT2D eigenvalue weighted by Gasteiger charge is -2.24. The highest BCUT2D eigenvalue weighted by atomic mass is 19.2. The van der Waals surface area contributed by atoms with Gasteiger partial charge in [0.1, 0.15) is 5.57 Å². The molecule has 0 bridgehead atoms. The highest BCUT2D eigenvalue weighted by Crippen LogP contribution is 2.39. The SMILES string of the molecule is CCOC(=O)/C(=C\NC1CC1)C(=O)C1=CC(C)(F)C(F)=C(F)C1F. The van der Waals surface area contributed by atoms with Gasteiger partial charge in [0.15, 0.2) is 23.5 Å². The molecule has 8 heteroatoms. The minimum Gasteiger partial charge on any atom is -0.462 e. The molecule has 0 heterocycles. The van der Waals surface area contributed by atoms with Crippen LogP contribution in [0.4, 0.5) is 17.6 Å². The number of nitrogens with one attached hydrogen (secondary N) is 1. The third kappa shape index (κ3) is 3.68. The Balaban J connectivity index is 2.34. The molecular formula is C16H17F4NO3. The highest BCUT2D eigenvalue weighted by Gasteiger charge is 2.44. The average Bonchev–Trinajstić information content (AvgIpc) is 3.33. The summed E-state index contributed by atoms with van der Waals surface area (Å²) in [6.45, 7) is 2.11. The Hall–Kier alpha value is -2.12. The molecule has 2 unspecified atom stereocenters. The second-order valence-corrected chi connectivity index (χ2v) is 5.75. The van der Waals surface area contributed by atoms with E-state index in [1.807, 2.05) is 0 Å². The Morgan fingerprint density at radius 3 is 2.58 bits per heavy atom. The first-order chi connectivity index (χ1) is 11.2. The van der Waals surface area contributed by atoms with Crippen LogP contribution in [0.5, 0.6) is 0 Å². The minimum absolute atomic E-state index is 0.0469. The number of ketones is 1. The van der Waals surface area contributed by atoms with Crippen LogP contribution in [0.2, 0.25) is 0 Å². The van der Waals surface area contributed by atoms with Crippen molar-refractivity contribution in [1.82, 2.24) is 5.32 Å². The van der Waals surface area contributed by atoms with Gasteiger partial charge in [-0.05, 0) is 32.8 Å². The number of alkyl halides is 2. The molecule has 1 N–H and O–H groups in total. The van der Waals surface area contributed by atoms with Crippen molar-refractivity contribution in [2.45, 2.75) is 44.6 Å². The number of rotatable bonds is 6. The van der Waals surface area contributed by atoms with E-state index in [0.29, 0.717) is 13.0 Å². The van der Waals surface area contributed by atoms with E-state index >= 15 is 0 Å². The molecule has 0 aliphatic heterocycles. The average molecular weight is 347 g/mol. The zero-order valence-electron chi connectivity index (χ0n) is 13.2. The molecule has 0 amide bonds. The first kappa shape index (κ1) is 18.2. The standard InChI is InChI=1S/C16H17F4NO3/c1-3-24-15(23)10(7-21-8-4-5-8)13(22)9-6-16(2,20)14(19)12(18)11(9)17/h6-8,11,21H,3-5H2,1-2H3/b10-7-. The lowest BCUT2D eigenvalue weighted by molar-refractivity contribution is -0.139. The monoisotopic (exact) mass is 347 g/mol. The molecule has 0 aromatic rings. The summed E-state index contributed by atoms with van der Waals surface area (Å²) < 4.78 is 59.7. The summed E-state index contributed by atoms with van der Waals surface area (Å²) in [5.74, 6) is -6.24. The largest absolute Gasteiger partial charge is 0.462 e. The van der Waals surface area contributed by atoms with E-state index in [-0.39, 0.29) is 12.6 Å². The summed E-state index contributed by atoms with van der Waals surface area (Å²) in [4.78, 5) is 24.3. The molecule has 24 heavy (non-hydrogen) atoms. The van der Waals surface area contributed by atoms with E-state index in [4.69, 9.17) is 4.74 Å². The predicted octanol–water partition coefficient (Wildman–Crippen LogP) is 2.91. The van der Waals surface area contributed by atoms with Crippen molar-refractivity contribution < 1.29 is 31.9 Å². The third-order valence-corrected chi connectivity index (χ3v) is 3.60. The number of Topliss-reactive ketones (excluding diaryl/α,β-unsaturated/α-hetero) is 1. The fourth-order valence-electron chi connectivity index (χ4n) is 2.12. The van der Waals surface area contributed by atoms with Gasteiger partial charge in [-0.15, -0.1) is 0 Å². The van der Waals surface area contributed by atoms with Gasteiger partial charge in [-0.25, -0.2) is 22.4 Å². The topological polar surface area (TPSA) is 55.4 Å². The Morgan fingerprint density at radius 2 is 2.04 bits per heavy atom. The molecule has 1 saturated carbocycles. The summed E-state index contributed by atoms with van der Waals surface area (Å²) in [5.41, 5.74) is -4.54. The third-order valence-electron chi connectivity index (χ3n) is 3.60. The molecule has 132 valence electrons. The van der Waals surface area contributed by atoms with Gasteiger partial charge in [0.2, 0.25) is 5.78 Å². The normalized spacial score (nSPS) is 27.7. The number of ether oxygens (including phenoxy) is 1. The van der Waals surface area contributed by atoms with Crippen LogP contribution in [0.15, 0.2) is 35.1 Å². The molecule has 2 aliphatic rings. The number of halogens is 4. The fourth-order valence-corrected chi connectivity index (χ4v) is 2.12. The van der Waals surface area contributed by atoms with E-state index in [1.165, 1.54) is 6.92 Å². The van der Waals surface area contributed by atoms with Crippen molar-refractivity contribution in [3.8, 4) is 0 Å². The van der Waals surface area contributed by atoms with E-state index in [1.54, 1.807) is 0 Å². The molecule has 0 aromatic carbocycles. The van der Waals surface area contributed by atoms with Crippen molar-refractivity contribution >= 4 is 11.8 Å². The van der Waals surface area contributed by atoms with Crippen LogP contribution >= 0.6 is 0 Å². The maximum Gasteiger partial charge on any atom is 0.343 e. The Kier molecular flexibility index (Phi) is 5.15. The maximum atomic E-state index is 14.0. The van der Waals surface area contributed by atoms with E-state index in [9.17, 15) is 27.2 Å². The summed E-state index contributed by atoms with van der Waals surface area (Å²) in [6.07, 6.45) is 0.289. The summed E-state index contributed by atoms with van der Waals surface area (Å²) in [6, 6.07) is 0.0734. The second-order valence-electron chi connectivity index (χ2n) is 5.75. The molecule has 0 saturated heterocycles. The molecule has 0 spiro atoms. The number of hydrogen-bond acceptors (Lipinski definition) is 4. The van der Waals surface area contributed by atoms with E-state index < -0.39 is 46.4 Å². The first-order valence-electron chi connectivity index (χ1n) is 7.48. The van der Waals surface area contributed by atoms with Crippen LogP contribution in [0.1, 0.15) is 26.7 Å². The van der Waals surface area contributed by atoms with Gasteiger partial charge in [-0.2, -0.15) is 0 Å². The molecule has 2 rings (SSSR count). The van der Waals surface area contributed by atoms with Crippen LogP contribution in [0.25, 0.3) is 0 Å². The van der Waals surface area contributed by atoms with Gasteiger partial charge >= 0.3 is 5.97 Å². The van der Waals surface area contributed by atoms with Gasteiger partial charge in [-0.3, -0.25) is 4.79 Å². The Bertz CT molecular complexity index is 648. The smallest absolute Gasteiger partial charge is 0.343 e. The Labute approximate surface area is 136 Å². The molecule has 0 aromatic heterocycles. The fraction of sp³-hybridized carbons (Fsp3) is 0.500. The van der Waals surface area contributed by atoms with E-state index in [0.717, 1.165) is 19.0 Å². The number of allylic oxidation sites excluding steroid dienone is 4. The van der Waals surface area contributed by atoms with Crippen molar-refractivity contribution in [2.75, 3.05) is 6.61 Å². The number of esters is 1. The number of carbonyl (C=O) groups excluding carboxylic acids is 2. The van der Waals surface area contributed by atoms with Gasteiger partial charge in [0.25, 0.3) is 0 Å². The van der Waals surface area contributed by atoms with Crippen molar-refractivity contribution in [2.24, 2.45) is 0 Å². The molecule has 2 aliphatic carbocycles. The van der Waals surface area contributed by atoms with Gasteiger partial charge in [0, 0.05) is 17.8 Å². The van der Waals surface area contributed by atoms with Crippen LogP contribution in [0.3, 0.4) is 0 Å². The van der Waals surface area contributed by atoms with Gasteiger partial charge < -0.3 is 10.1 Å². The minimum atomic E-state index is -2.97. The van der Waals surface area contributed by atoms with Crippen molar-refractivity contribution in [1.29, 1.82) is 0 Å². The van der Waals surface area contributed by atoms with Crippen LogP contribution in [0, 0.1) is 0 Å².